The summed E-state index contributed by atoms with van der Waals surface area (Å²) in [6.45, 7) is 2.14. The normalized spacial score (nSPS) is 3.25. The maximum absolute atomic E-state index is 8.38. The molecule has 3 heteroatoms. The summed E-state index contributed by atoms with van der Waals surface area (Å²) in [6.07, 6.45) is 0. The molecule has 0 fully saturated rings. The van der Waals surface area contributed by atoms with E-state index in [1.165, 1.54) is 10.2 Å². The van der Waals surface area contributed by atoms with E-state index in [9.17, 15) is 0 Å². The molecule has 0 atom stereocenters. The van der Waals surface area contributed by atoms with Crippen molar-refractivity contribution in [3.05, 3.63) is 0 Å². The van der Waals surface area contributed by atoms with Crippen LogP contribution in [0.4, 0.5) is 0 Å². The fraction of sp³-hybridized carbons (Fsp3) is 1.00. The first-order chi connectivity index (χ1) is 2.00. The van der Waals surface area contributed by atoms with Crippen LogP contribution in [0.5, 0.6) is 0 Å². The Labute approximate surface area is 37.6 Å². The molecule has 0 aliphatic heterocycles. The molecule has 0 aliphatic carbocycles. The van der Waals surface area contributed by atoms with Gasteiger partial charge >= 0.3 is 20.2 Å². The van der Waals surface area contributed by atoms with Gasteiger partial charge in [0.05, 0.1) is 0 Å². The second-order valence-corrected chi connectivity index (χ2v) is 0. The van der Waals surface area contributed by atoms with E-state index in [1.54, 1.807) is 0 Å². The Kier molecular flexibility index (Phi) is 164. The summed E-state index contributed by atoms with van der Waals surface area (Å²) >= 11 is 0.125. The Bertz CT molecular complexity index is 8.00. The molecular formula is CH8GeOSi. The average Bonchev–Trinajstić information content (AvgIpc) is 1.50. The van der Waals surface area contributed by atoms with E-state index in [1.807, 2.05) is 0 Å². The Morgan fingerprint density at radius 2 is 1.50 bits per heavy atom. The van der Waals surface area contributed by atoms with Gasteiger partial charge in [-0.3, -0.25) is 0 Å². The van der Waals surface area contributed by atoms with Crippen molar-refractivity contribution in [1.82, 2.24) is 0 Å². The van der Waals surface area contributed by atoms with Gasteiger partial charge in [0.1, 0.15) is 0 Å². The zero-order chi connectivity index (χ0) is 4.00. The fourth-order valence-corrected chi connectivity index (χ4v) is 0. The quantitative estimate of drug-likeness (QED) is 0.366. The Morgan fingerprint density at radius 1 is 1.50 bits per heavy atom. The van der Waals surface area contributed by atoms with Gasteiger partial charge in [-0.15, -0.1) is 0 Å². The molecule has 0 radical (unpaired) electrons. The van der Waals surface area contributed by atoms with Crippen LogP contribution in [-0.2, 0) is 3.78 Å². The number of hydrogen-bond acceptors (Lipinski definition) is 1. The number of hydrogen-bond donors (Lipinski definition) is 0. The zero-order valence-electron chi connectivity index (χ0n) is 3.12. The summed E-state index contributed by atoms with van der Waals surface area (Å²) in [4.78, 5) is 0. The predicted molar refractivity (Wildman–Crippen MR) is 25.0 cm³/mol. The first kappa shape index (κ1) is 8.82. The molecule has 0 heterocycles. The molecule has 0 aromatic carbocycles. The van der Waals surface area contributed by atoms with Gasteiger partial charge in [-0.1, -0.05) is 6.55 Å². The van der Waals surface area contributed by atoms with Crippen LogP contribution in [0, 0.1) is 0 Å². The molecule has 0 aromatic rings. The van der Waals surface area contributed by atoms with Crippen molar-refractivity contribution in [3.63, 3.8) is 0 Å². The van der Waals surface area contributed by atoms with Gasteiger partial charge in [0, 0.05) is 0 Å². The topological polar surface area (TPSA) is 17.1 Å². The standard InChI is InChI=1S/CH6Si.GeH2O/c2*1-2/h1-2H3;1H2. The molecule has 0 spiro atoms. The molecule has 0 aromatic heterocycles. The van der Waals surface area contributed by atoms with Gasteiger partial charge in [-0.05, 0) is 10.2 Å². The van der Waals surface area contributed by atoms with Gasteiger partial charge in [0.25, 0.3) is 0 Å². The third-order valence-electron chi connectivity index (χ3n) is 0. The van der Waals surface area contributed by atoms with Crippen LogP contribution in [0.25, 0.3) is 0 Å². The van der Waals surface area contributed by atoms with Crippen LogP contribution in [0.15, 0.2) is 0 Å². The van der Waals surface area contributed by atoms with Gasteiger partial charge < -0.3 is 0 Å². The molecule has 0 bridgehead atoms. The van der Waals surface area contributed by atoms with E-state index in [2.05, 4.69) is 6.55 Å². The van der Waals surface area contributed by atoms with Crippen LogP contribution in [0.2, 0.25) is 6.55 Å². The van der Waals surface area contributed by atoms with Crippen molar-refractivity contribution < 1.29 is 3.78 Å². The van der Waals surface area contributed by atoms with Crippen molar-refractivity contribution in [1.29, 1.82) is 0 Å². The van der Waals surface area contributed by atoms with Gasteiger partial charge in [-0.2, -0.15) is 0 Å². The van der Waals surface area contributed by atoms with Crippen LogP contribution in [0.3, 0.4) is 0 Å². The maximum atomic E-state index is 8.38. The van der Waals surface area contributed by atoms with Gasteiger partial charge in [-0.25, -0.2) is 0 Å². The summed E-state index contributed by atoms with van der Waals surface area (Å²) in [5.41, 5.74) is 0. The first-order valence-corrected chi connectivity index (χ1v) is 4.50. The Balaban J connectivity index is 0. The van der Waals surface area contributed by atoms with Crippen molar-refractivity contribution in [2.45, 2.75) is 6.55 Å². The van der Waals surface area contributed by atoms with E-state index < -0.39 is 0 Å². The molecular weight excluding hydrogens is 129 g/mol. The molecule has 0 saturated heterocycles. The summed E-state index contributed by atoms with van der Waals surface area (Å²) in [7, 11) is 1.31. The minimum absolute atomic E-state index is 0.125. The molecule has 0 saturated carbocycles. The van der Waals surface area contributed by atoms with Gasteiger partial charge in [0.15, 0.2) is 0 Å². The molecule has 0 amide bonds. The van der Waals surface area contributed by atoms with Crippen LogP contribution >= 0.6 is 0 Å². The Morgan fingerprint density at radius 3 is 1.50 bits per heavy atom. The van der Waals surface area contributed by atoms with Crippen LogP contribution < -0.4 is 0 Å². The first-order valence-electron chi connectivity index (χ1n) is 1.29. The summed E-state index contributed by atoms with van der Waals surface area (Å²) in [5.74, 6) is 0. The fourth-order valence-electron chi connectivity index (χ4n) is 0. The van der Waals surface area contributed by atoms with E-state index in [0.717, 1.165) is 0 Å². The molecule has 0 aliphatic rings. The van der Waals surface area contributed by atoms with E-state index >= 15 is 0 Å². The van der Waals surface area contributed by atoms with Crippen molar-refractivity contribution in [2.75, 3.05) is 0 Å². The molecule has 26 valence electrons. The molecule has 0 N–H and O–H groups in total. The zero-order valence-corrected chi connectivity index (χ0v) is 8.08. The third-order valence-corrected chi connectivity index (χ3v) is 0. The Hall–Kier alpha value is 0.560. The average molecular weight is 137 g/mol. The van der Waals surface area contributed by atoms with Crippen molar-refractivity contribution in [3.8, 4) is 0 Å². The second-order valence-electron chi connectivity index (χ2n) is 0. The monoisotopic (exact) mass is 138 g/mol. The summed E-state index contributed by atoms with van der Waals surface area (Å²) in [6, 6.07) is 0. The van der Waals surface area contributed by atoms with Crippen LogP contribution in [-0.4, -0.2) is 26.7 Å². The summed E-state index contributed by atoms with van der Waals surface area (Å²) in [5, 5.41) is 0. The minimum atomic E-state index is 0.125. The second kappa shape index (κ2) is 74.4. The third kappa shape index (κ3) is 19.9. The van der Waals surface area contributed by atoms with E-state index in [-0.39, 0.29) is 16.5 Å². The van der Waals surface area contributed by atoms with Crippen molar-refractivity contribution >= 4 is 26.7 Å². The number of rotatable bonds is 0. The summed E-state index contributed by atoms with van der Waals surface area (Å²) < 4.78 is 8.38. The molecule has 4 heavy (non-hydrogen) atoms. The molecule has 0 unspecified atom stereocenters. The molecule has 1 nitrogen and oxygen atoms in total. The SMILES string of the molecule is C[SiH3].[O]=[GeH2]. The van der Waals surface area contributed by atoms with E-state index in [0.29, 0.717) is 0 Å². The van der Waals surface area contributed by atoms with Crippen molar-refractivity contribution in [2.24, 2.45) is 0 Å². The predicted octanol–water partition coefficient (Wildman–Crippen LogP) is -1.64. The van der Waals surface area contributed by atoms with Crippen LogP contribution in [0.1, 0.15) is 0 Å². The molecule has 0 rings (SSSR count). The van der Waals surface area contributed by atoms with E-state index in [4.69, 9.17) is 3.78 Å². The van der Waals surface area contributed by atoms with Gasteiger partial charge in [0.2, 0.25) is 0 Å².